The fourth-order valence-corrected chi connectivity index (χ4v) is 5.55. The van der Waals surface area contributed by atoms with E-state index >= 15 is 0 Å². The van der Waals surface area contributed by atoms with Crippen LogP contribution in [0.15, 0.2) is 48.6 Å². The molecule has 1 saturated carbocycles. The smallest absolute Gasteiger partial charge is 0.229 e. The first-order valence-electron chi connectivity index (χ1n) is 12.4. The second kappa shape index (κ2) is 9.98. The van der Waals surface area contributed by atoms with Crippen molar-refractivity contribution in [2.24, 2.45) is 11.8 Å². The number of allylic oxidation sites excluding steroid dienone is 4. The van der Waals surface area contributed by atoms with Gasteiger partial charge in [-0.2, -0.15) is 0 Å². The minimum Gasteiger partial charge on any atom is -0.309 e. The van der Waals surface area contributed by atoms with Gasteiger partial charge in [-0.05, 0) is 55.2 Å². The van der Waals surface area contributed by atoms with E-state index in [1.165, 1.54) is 44.2 Å². The summed E-state index contributed by atoms with van der Waals surface area (Å²) in [6.07, 6.45) is 19.4. The molecule has 4 nitrogen and oxygen atoms in total. The van der Waals surface area contributed by atoms with Gasteiger partial charge in [-0.15, -0.1) is 0 Å². The molecular formula is C28H32FN3O. The van der Waals surface area contributed by atoms with E-state index in [0.29, 0.717) is 11.7 Å². The van der Waals surface area contributed by atoms with Crippen LogP contribution in [0.25, 0.3) is 0 Å². The van der Waals surface area contributed by atoms with Crippen LogP contribution in [0.4, 0.5) is 10.2 Å². The summed E-state index contributed by atoms with van der Waals surface area (Å²) in [7, 11) is 0. The Hall–Kier alpha value is -2.82. The van der Waals surface area contributed by atoms with Crippen LogP contribution in [-0.2, 0) is 24.1 Å². The molecule has 2 atom stereocenters. The normalized spacial score (nSPS) is 22.0. The van der Waals surface area contributed by atoms with Crippen molar-refractivity contribution < 1.29 is 9.18 Å². The zero-order valence-electron chi connectivity index (χ0n) is 19.1. The molecule has 0 spiro atoms. The van der Waals surface area contributed by atoms with Gasteiger partial charge in [0.05, 0.1) is 23.5 Å². The number of aryl methyl sites for hydroxylation is 2. The number of hydrogen-bond donors (Lipinski definition) is 1. The SMILES string of the molecule is O=C(Cc1ccc(F)cc1)Nc1nc2c(nc1CCC1CCCCC1)C1C=CC=CC1CC2. The highest BCUT2D eigenvalue weighted by atomic mass is 19.1. The lowest BCUT2D eigenvalue weighted by Gasteiger charge is -2.31. The van der Waals surface area contributed by atoms with Crippen LogP contribution in [0.5, 0.6) is 0 Å². The number of carbonyl (C=O) groups excluding carboxylic acids is 1. The van der Waals surface area contributed by atoms with Gasteiger partial charge in [0.25, 0.3) is 0 Å². The molecule has 5 rings (SSSR count). The lowest BCUT2D eigenvalue weighted by molar-refractivity contribution is -0.115. The molecule has 33 heavy (non-hydrogen) atoms. The topological polar surface area (TPSA) is 54.9 Å². The molecule has 1 aromatic carbocycles. The molecule has 1 heterocycles. The standard InChI is InChI=1S/C28H32FN3O/c29-22-14-10-20(11-15-22)18-26(33)32-28-25(16-12-19-6-2-1-3-7-19)30-27-23-9-5-4-8-21(23)13-17-24(27)31-28/h4-5,8-11,14-15,19,21,23H,1-3,6-7,12-13,16-18H2,(H,31,32,33). The van der Waals surface area contributed by atoms with E-state index in [4.69, 9.17) is 9.97 Å². The Kier molecular flexibility index (Phi) is 6.65. The Morgan fingerprint density at radius 3 is 2.61 bits per heavy atom. The van der Waals surface area contributed by atoms with Crippen LogP contribution in [0.3, 0.4) is 0 Å². The molecule has 0 aliphatic heterocycles. The summed E-state index contributed by atoms with van der Waals surface area (Å²) < 4.78 is 13.2. The lowest BCUT2D eigenvalue weighted by atomic mass is 9.77. The first-order valence-corrected chi connectivity index (χ1v) is 12.4. The highest BCUT2D eigenvalue weighted by molar-refractivity contribution is 5.91. The van der Waals surface area contributed by atoms with E-state index in [2.05, 4.69) is 29.6 Å². The number of hydrogen-bond acceptors (Lipinski definition) is 3. The highest BCUT2D eigenvalue weighted by Crippen LogP contribution is 2.39. The Balaban J connectivity index is 1.38. The maximum absolute atomic E-state index is 13.2. The molecule has 5 heteroatoms. The number of fused-ring (bicyclic) bond motifs is 3. The quantitative estimate of drug-likeness (QED) is 0.586. The third-order valence-electron chi connectivity index (χ3n) is 7.40. The number of halogens is 1. The molecule has 1 N–H and O–H groups in total. The molecule has 1 amide bonds. The summed E-state index contributed by atoms with van der Waals surface area (Å²) in [5.41, 5.74) is 3.79. The molecule has 0 saturated heterocycles. The summed E-state index contributed by atoms with van der Waals surface area (Å²) in [6, 6.07) is 6.08. The minimum atomic E-state index is -0.297. The number of anilines is 1. The number of carbonyl (C=O) groups is 1. The fourth-order valence-electron chi connectivity index (χ4n) is 5.55. The van der Waals surface area contributed by atoms with Crippen LogP contribution < -0.4 is 5.32 Å². The number of amides is 1. The molecule has 0 radical (unpaired) electrons. The van der Waals surface area contributed by atoms with Gasteiger partial charge < -0.3 is 5.32 Å². The molecule has 1 fully saturated rings. The average Bonchev–Trinajstić information content (AvgIpc) is 2.84. The average molecular weight is 446 g/mol. The molecular weight excluding hydrogens is 413 g/mol. The largest absolute Gasteiger partial charge is 0.309 e. The van der Waals surface area contributed by atoms with Crippen molar-refractivity contribution in [3.05, 3.63) is 77.0 Å². The van der Waals surface area contributed by atoms with Gasteiger partial charge in [0.15, 0.2) is 5.82 Å². The van der Waals surface area contributed by atoms with Crippen LogP contribution in [0, 0.1) is 17.7 Å². The van der Waals surface area contributed by atoms with Crippen molar-refractivity contribution >= 4 is 11.7 Å². The van der Waals surface area contributed by atoms with E-state index in [1.807, 2.05) is 0 Å². The molecule has 172 valence electrons. The molecule has 3 aliphatic carbocycles. The summed E-state index contributed by atoms with van der Waals surface area (Å²) >= 11 is 0. The zero-order chi connectivity index (χ0) is 22.6. The number of rotatable bonds is 6. The molecule has 2 aromatic rings. The Morgan fingerprint density at radius 1 is 1.00 bits per heavy atom. The Morgan fingerprint density at radius 2 is 1.79 bits per heavy atom. The monoisotopic (exact) mass is 445 g/mol. The molecule has 1 aromatic heterocycles. The van der Waals surface area contributed by atoms with Crippen LogP contribution in [0.1, 0.15) is 73.5 Å². The van der Waals surface area contributed by atoms with Gasteiger partial charge in [0.1, 0.15) is 5.82 Å². The molecule has 3 aliphatic rings. The second-order valence-electron chi connectivity index (χ2n) is 9.74. The van der Waals surface area contributed by atoms with Gasteiger partial charge in [0.2, 0.25) is 5.91 Å². The Bertz CT molecular complexity index is 1050. The maximum atomic E-state index is 13.2. The van der Waals surface area contributed by atoms with Gasteiger partial charge in [-0.25, -0.2) is 9.37 Å². The number of benzene rings is 1. The third kappa shape index (κ3) is 5.23. The van der Waals surface area contributed by atoms with E-state index in [9.17, 15) is 9.18 Å². The van der Waals surface area contributed by atoms with Crippen molar-refractivity contribution in [3.8, 4) is 0 Å². The van der Waals surface area contributed by atoms with E-state index in [1.54, 1.807) is 12.1 Å². The van der Waals surface area contributed by atoms with Crippen molar-refractivity contribution in [1.82, 2.24) is 9.97 Å². The highest BCUT2D eigenvalue weighted by Gasteiger charge is 2.31. The van der Waals surface area contributed by atoms with Gasteiger partial charge in [-0.1, -0.05) is 68.5 Å². The third-order valence-corrected chi connectivity index (χ3v) is 7.40. The maximum Gasteiger partial charge on any atom is 0.229 e. The number of nitrogens with zero attached hydrogens (tertiary/aromatic N) is 2. The summed E-state index contributed by atoms with van der Waals surface area (Å²) in [5.74, 6) is 1.69. The second-order valence-corrected chi connectivity index (χ2v) is 9.74. The van der Waals surface area contributed by atoms with Crippen molar-refractivity contribution in [3.63, 3.8) is 0 Å². The summed E-state index contributed by atoms with van der Waals surface area (Å²) in [4.78, 5) is 22.9. The van der Waals surface area contributed by atoms with E-state index < -0.39 is 0 Å². The van der Waals surface area contributed by atoms with Gasteiger partial charge in [0, 0.05) is 5.92 Å². The van der Waals surface area contributed by atoms with Crippen LogP contribution in [-0.4, -0.2) is 15.9 Å². The first kappa shape index (κ1) is 22.0. The summed E-state index contributed by atoms with van der Waals surface area (Å²) in [5, 5.41) is 3.05. The first-order chi connectivity index (χ1) is 16.2. The van der Waals surface area contributed by atoms with Crippen molar-refractivity contribution in [2.45, 2.75) is 70.1 Å². The number of nitrogens with one attached hydrogen (secondary N) is 1. The fraction of sp³-hybridized carbons (Fsp3) is 0.464. The predicted octanol–water partition coefficient (Wildman–Crippen LogP) is 6.08. The zero-order valence-corrected chi connectivity index (χ0v) is 19.1. The van der Waals surface area contributed by atoms with Gasteiger partial charge >= 0.3 is 0 Å². The minimum absolute atomic E-state index is 0.135. The molecule has 0 bridgehead atoms. The Labute approximate surface area is 195 Å². The van der Waals surface area contributed by atoms with Crippen LogP contribution >= 0.6 is 0 Å². The van der Waals surface area contributed by atoms with Crippen molar-refractivity contribution in [1.29, 1.82) is 0 Å². The van der Waals surface area contributed by atoms with Gasteiger partial charge in [-0.3, -0.25) is 9.78 Å². The van der Waals surface area contributed by atoms with Crippen molar-refractivity contribution in [2.75, 3.05) is 5.32 Å². The lowest BCUT2D eigenvalue weighted by Crippen LogP contribution is -2.25. The van der Waals surface area contributed by atoms with E-state index in [0.717, 1.165) is 54.2 Å². The predicted molar refractivity (Wildman–Crippen MR) is 128 cm³/mol. The molecule has 2 unspecified atom stereocenters. The van der Waals surface area contributed by atoms with E-state index in [-0.39, 0.29) is 24.1 Å². The number of aromatic nitrogens is 2. The van der Waals surface area contributed by atoms with Crippen LogP contribution in [0.2, 0.25) is 0 Å². The summed E-state index contributed by atoms with van der Waals surface area (Å²) in [6.45, 7) is 0.